The highest BCUT2D eigenvalue weighted by atomic mass is 16.5. The van der Waals surface area contributed by atoms with Crippen molar-refractivity contribution in [3.8, 4) is 5.88 Å². The summed E-state index contributed by atoms with van der Waals surface area (Å²) in [6.07, 6.45) is 4.61. The topological polar surface area (TPSA) is 22.1 Å². The quantitative estimate of drug-likeness (QED) is 0.732. The van der Waals surface area contributed by atoms with E-state index in [0.717, 1.165) is 11.8 Å². The Morgan fingerprint density at radius 2 is 2.14 bits per heavy atom. The second-order valence-electron chi connectivity index (χ2n) is 4.30. The number of hydrogen-bond donors (Lipinski definition) is 0. The maximum absolute atomic E-state index is 5.25. The largest absolute Gasteiger partial charge is 0.481 e. The molecule has 2 nitrogen and oxygen atoms in total. The van der Waals surface area contributed by atoms with Gasteiger partial charge in [0.2, 0.25) is 5.88 Å². The van der Waals surface area contributed by atoms with Gasteiger partial charge in [-0.3, -0.25) is 0 Å². The average Bonchev–Trinajstić information content (AvgIpc) is 3.00. The van der Waals surface area contributed by atoms with Gasteiger partial charge in [0.25, 0.3) is 0 Å². The van der Waals surface area contributed by atoms with Crippen molar-refractivity contribution in [3.05, 3.63) is 23.4 Å². The van der Waals surface area contributed by atoms with Crippen LogP contribution in [0.1, 0.15) is 49.7 Å². The number of rotatable bonds is 3. The van der Waals surface area contributed by atoms with E-state index in [1.54, 1.807) is 7.11 Å². The molecule has 1 heterocycles. The molecule has 0 unspecified atom stereocenters. The lowest BCUT2D eigenvalue weighted by molar-refractivity contribution is 0.390. The van der Waals surface area contributed by atoms with Gasteiger partial charge in [0.1, 0.15) is 0 Å². The predicted molar refractivity (Wildman–Crippen MR) is 56.9 cm³/mol. The van der Waals surface area contributed by atoms with Crippen LogP contribution in [0.2, 0.25) is 0 Å². The van der Waals surface area contributed by atoms with Crippen LogP contribution in [0.5, 0.6) is 5.88 Å². The van der Waals surface area contributed by atoms with E-state index < -0.39 is 0 Å². The number of methoxy groups -OCH3 is 1. The molecule has 1 aliphatic rings. The molecule has 1 aliphatic carbocycles. The highest BCUT2D eigenvalue weighted by Crippen LogP contribution is 2.41. The van der Waals surface area contributed by atoms with E-state index in [9.17, 15) is 0 Å². The van der Waals surface area contributed by atoms with Gasteiger partial charge in [-0.05, 0) is 36.3 Å². The van der Waals surface area contributed by atoms with E-state index in [0.29, 0.717) is 5.92 Å². The van der Waals surface area contributed by atoms with Crippen LogP contribution in [-0.4, -0.2) is 12.1 Å². The van der Waals surface area contributed by atoms with Crippen molar-refractivity contribution >= 4 is 0 Å². The monoisotopic (exact) mass is 191 g/mol. The van der Waals surface area contributed by atoms with E-state index in [1.807, 2.05) is 6.20 Å². The Hall–Kier alpha value is -1.05. The number of ether oxygens (including phenoxy) is 1. The van der Waals surface area contributed by atoms with Gasteiger partial charge in [0, 0.05) is 11.8 Å². The van der Waals surface area contributed by atoms with Crippen LogP contribution in [0.4, 0.5) is 0 Å². The standard InChI is InChI=1S/C12H17NO/c1-8(2)11-6-10(9-4-5-9)7-13-12(11)14-3/h6-9H,4-5H2,1-3H3. The Morgan fingerprint density at radius 1 is 1.43 bits per heavy atom. The van der Waals surface area contributed by atoms with Crippen molar-refractivity contribution in [2.75, 3.05) is 7.11 Å². The van der Waals surface area contributed by atoms with E-state index in [1.165, 1.54) is 24.0 Å². The first kappa shape index (κ1) is 9.50. The molecular formula is C12H17NO. The number of aromatic nitrogens is 1. The molecular weight excluding hydrogens is 174 g/mol. The molecule has 0 saturated heterocycles. The summed E-state index contributed by atoms with van der Waals surface area (Å²) < 4.78 is 5.25. The first-order valence-electron chi connectivity index (χ1n) is 5.26. The van der Waals surface area contributed by atoms with Crippen LogP contribution in [0.25, 0.3) is 0 Å². The van der Waals surface area contributed by atoms with Crippen LogP contribution in [0.3, 0.4) is 0 Å². The zero-order valence-corrected chi connectivity index (χ0v) is 9.08. The van der Waals surface area contributed by atoms with Crippen molar-refractivity contribution in [3.63, 3.8) is 0 Å². The Labute approximate surface area is 85.3 Å². The molecule has 1 aromatic heterocycles. The van der Waals surface area contributed by atoms with E-state index >= 15 is 0 Å². The molecule has 0 aliphatic heterocycles. The Kier molecular flexibility index (Phi) is 2.44. The normalized spacial score (nSPS) is 16.0. The zero-order valence-electron chi connectivity index (χ0n) is 9.08. The molecule has 0 aromatic carbocycles. The van der Waals surface area contributed by atoms with Crippen LogP contribution in [0.15, 0.2) is 12.3 Å². The third kappa shape index (κ3) is 1.74. The Balaban J connectivity index is 2.35. The Bertz CT molecular complexity index is 329. The second-order valence-corrected chi connectivity index (χ2v) is 4.30. The molecule has 14 heavy (non-hydrogen) atoms. The molecule has 0 N–H and O–H groups in total. The summed E-state index contributed by atoms with van der Waals surface area (Å²) in [5.74, 6) is 2.03. The number of nitrogens with zero attached hydrogens (tertiary/aromatic N) is 1. The molecule has 0 radical (unpaired) electrons. The lowest BCUT2D eigenvalue weighted by Crippen LogP contribution is -1.98. The number of pyridine rings is 1. The molecule has 0 atom stereocenters. The molecule has 0 bridgehead atoms. The zero-order chi connectivity index (χ0) is 10.1. The molecule has 1 fully saturated rings. The van der Waals surface area contributed by atoms with Gasteiger partial charge in [0.15, 0.2) is 0 Å². The third-order valence-corrected chi connectivity index (χ3v) is 2.76. The van der Waals surface area contributed by atoms with Crippen molar-refractivity contribution < 1.29 is 4.74 Å². The minimum atomic E-state index is 0.483. The fourth-order valence-corrected chi connectivity index (χ4v) is 1.71. The van der Waals surface area contributed by atoms with Gasteiger partial charge in [-0.1, -0.05) is 13.8 Å². The van der Waals surface area contributed by atoms with Crippen LogP contribution in [0, 0.1) is 0 Å². The van der Waals surface area contributed by atoms with Gasteiger partial charge in [-0.2, -0.15) is 0 Å². The highest BCUT2D eigenvalue weighted by molar-refractivity contribution is 5.35. The molecule has 2 heteroatoms. The lowest BCUT2D eigenvalue weighted by Gasteiger charge is -2.11. The molecule has 2 rings (SSSR count). The average molecular weight is 191 g/mol. The highest BCUT2D eigenvalue weighted by Gasteiger charge is 2.25. The van der Waals surface area contributed by atoms with Gasteiger partial charge in [-0.25, -0.2) is 4.98 Å². The minimum absolute atomic E-state index is 0.483. The molecule has 0 spiro atoms. The fraction of sp³-hybridized carbons (Fsp3) is 0.583. The summed E-state index contributed by atoms with van der Waals surface area (Å²) >= 11 is 0. The summed E-state index contributed by atoms with van der Waals surface area (Å²) in [6.45, 7) is 4.35. The molecule has 1 aromatic rings. The summed E-state index contributed by atoms with van der Waals surface area (Å²) in [7, 11) is 1.69. The van der Waals surface area contributed by atoms with Gasteiger partial charge < -0.3 is 4.74 Å². The van der Waals surface area contributed by atoms with E-state index in [2.05, 4.69) is 24.9 Å². The van der Waals surface area contributed by atoms with Crippen molar-refractivity contribution in [1.29, 1.82) is 0 Å². The third-order valence-electron chi connectivity index (χ3n) is 2.76. The maximum Gasteiger partial charge on any atom is 0.216 e. The molecule has 1 saturated carbocycles. The minimum Gasteiger partial charge on any atom is -0.481 e. The number of hydrogen-bond acceptors (Lipinski definition) is 2. The first-order valence-corrected chi connectivity index (χ1v) is 5.26. The second kappa shape index (κ2) is 3.60. The van der Waals surface area contributed by atoms with Crippen molar-refractivity contribution in [2.45, 2.75) is 38.5 Å². The van der Waals surface area contributed by atoms with Crippen LogP contribution < -0.4 is 4.74 Å². The van der Waals surface area contributed by atoms with Crippen LogP contribution >= 0.6 is 0 Å². The summed E-state index contributed by atoms with van der Waals surface area (Å²) in [6, 6.07) is 2.26. The van der Waals surface area contributed by atoms with Crippen LogP contribution in [-0.2, 0) is 0 Å². The smallest absolute Gasteiger partial charge is 0.216 e. The molecule has 76 valence electrons. The maximum atomic E-state index is 5.25. The molecule has 0 amide bonds. The summed E-state index contributed by atoms with van der Waals surface area (Å²) in [5, 5.41) is 0. The van der Waals surface area contributed by atoms with Gasteiger partial charge in [-0.15, -0.1) is 0 Å². The van der Waals surface area contributed by atoms with E-state index in [4.69, 9.17) is 4.74 Å². The van der Waals surface area contributed by atoms with Crippen molar-refractivity contribution in [2.24, 2.45) is 0 Å². The lowest BCUT2D eigenvalue weighted by atomic mass is 10.0. The summed E-state index contributed by atoms with van der Waals surface area (Å²) in [5.41, 5.74) is 2.62. The first-order chi connectivity index (χ1) is 6.72. The SMILES string of the molecule is COc1ncc(C2CC2)cc1C(C)C. The fourth-order valence-electron chi connectivity index (χ4n) is 1.71. The van der Waals surface area contributed by atoms with Gasteiger partial charge in [0.05, 0.1) is 7.11 Å². The van der Waals surface area contributed by atoms with E-state index in [-0.39, 0.29) is 0 Å². The predicted octanol–water partition coefficient (Wildman–Crippen LogP) is 3.09. The van der Waals surface area contributed by atoms with Crippen molar-refractivity contribution in [1.82, 2.24) is 4.98 Å². The Morgan fingerprint density at radius 3 is 2.64 bits per heavy atom. The van der Waals surface area contributed by atoms with Gasteiger partial charge >= 0.3 is 0 Å². The summed E-state index contributed by atoms with van der Waals surface area (Å²) in [4.78, 5) is 4.36.